The Hall–Kier alpha value is -2.69. The zero-order valence-corrected chi connectivity index (χ0v) is 11.9. The first-order valence-electron chi connectivity index (χ1n) is 7.20. The Balaban J connectivity index is 1.62. The molecule has 1 aromatic carbocycles. The van der Waals surface area contributed by atoms with E-state index in [9.17, 15) is 4.39 Å². The van der Waals surface area contributed by atoms with Crippen molar-refractivity contribution < 1.29 is 8.81 Å². The highest BCUT2D eigenvalue weighted by molar-refractivity contribution is 5.54. The average molecular weight is 295 g/mol. The molecular weight excluding hydrogens is 281 g/mol. The molecule has 0 amide bonds. The minimum absolute atomic E-state index is 0.263. The molecule has 0 atom stereocenters. The topological polar surface area (TPSA) is 42.2 Å². The van der Waals surface area contributed by atoms with Crippen molar-refractivity contribution >= 4 is 5.82 Å². The second-order valence-electron chi connectivity index (χ2n) is 5.26. The monoisotopic (exact) mass is 295 g/mol. The molecular formula is C17H14FN3O. The van der Waals surface area contributed by atoms with Crippen LogP contribution in [0.4, 0.5) is 10.2 Å². The van der Waals surface area contributed by atoms with Gasteiger partial charge in [0, 0.05) is 24.7 Å². The van der Waals surface area contributed by atoms with Gasteiger partial charge in [0.15, 0.2) is 0 Å². The number of fused-ring (bicyclic) bond motifs is 1. The van der Waals surface area contributed by atoms with Crippen LogP contribution >= 0.6 is 0 Å². The first-order valence-corrected chi connectivity index (χ1v) is 7.20. The van der Waals surface area contributed by atoms with E-state index >= 15 is 0 Å². The molecule has 0 saturated heterocycles. The van der Waals surface area contributed by atoms with Crippen molar-refractivity contribution in [2.45, 2.75) is 13.0 Å². The van der Waals surface area contributed by atoms with Crippen molar-refractivity contribution in [3.8, 4) is 11.5 Å². The van der Waals surface area contributed by atoms with Gasteiger partial charge in [-0.05, 0) is 36.4 Å². The summed E-state index contributed by atoms with van der Waals surface area (Å²) in [4.78, 5) is 11.1. The van der Waals surface area contributed by atoms with Gasteiger partial charge < -0.3 is 9.32 Å². The summed E-state index contributed by atoms with van der Waals surface area (Å²) in [5, 5.41) is 0. The molecule has 0 fully saturated rings. The molecule has 0 aliphatic carbocycles. The molecule has 0 bridgehead atoms. The molecule has 0 N–H and O–H groups in total. The number of oxazole rings is 1. The van der Waals surface area contributed by atoms with Crippen LogP contribution in [-0.2, 0) is 13.0 Å². The maximum atomic E-state index is 13.0. The molecule has 1 aliphatic heterocycles. The molecule has 110 valence electrons. The SMILES string of the molecule is Fc1ccc(-c2nc3c(o2)CCN(c2ccccn2)C3)cc1. The molecule has 4 rings (SSSR count). The molecule has 0 spiro atoms. The van der Waals surface area contributed by atoms with E-state index in [1.807, 2.05) is 18.2 Å². The summed E-state index contributed by atoms with van der Waals surface area (Å²) in [6.07, 6.45) is 2.58. The van der Waals surface area contributed by atoms with Crippen LogP contribution in [0.5, 0.6) is 0 Å². The maximum Gasteiger partial charge on any atom is 0.226 e. The molecule has 0 saturated carbocycles. The lowest BCUT2D eigenvalue weighted by Crippen LogP contribution is -2.30. The Morgan fingerprint density at radius 1 is 1.09 bits per heavy atom. The fourth-order valence-corrected chi connectivity index (χ4v) is 2.65. The third-order valence-electron chi connectivity index (χ3n) is 3.79. The van der Waals surface area contributed by atoms with Gasteiger partial charge in [0.05, 0.1) is 6.54 Å². The summed E-state index contributed by atoms with van der Waals surface area (Å²) in [6.45, 7) is 1.53. The lowest BCUT2D eigenvalue weighted by Gasteiger charge is -2.26. The fraction of sp³-hybridized carbons (Fsp3) is 0.176. The third-order valence-corrected chi connectivity index (χ3v) is 3.79. The van der Waals surface area contributed by atoms with Gasteiger partial charge in [-0.3, -0.25) is 0 Å². The Labute approximate surface area is 127 Å². The van der Waals surface area contributed by atoms with E-state index in [4.69, 9.17) is 4.42 Å². The molecule has 0 radical (unpaired) electrons. The molecule has 5 heteroatoms. The van der Waals surface area contributed by atoms with Crippen molar-refractivity contribution in [2.24, 2.45) is 0 Å². The Morgan fingerprint density at radius 3 is 2.73 bits per heavy atom. The quantitative estimate of drug-likeness (QED) is 0.726. The zero-order chi connectivity index (χ0) is 14.9. The maximum absolute atomic E-state index is 13.0. The van der Waals surface area contributed by atoms with E-state index in [2.05, 4.69) is 14.9 Å². The van der Waals surface area contributed by atoms with Crippen LogP contribution in [0.25, 0.3) is 11.5 Å². The smallest absolute Gasteiger partial charge is 0.226 e. The van der Waals surface area contributed by atoms with Gasteiger partial charge in [-0.2, -0.15) is 0 Å². The number of aromatic nitrogens is 2. The van der Waals surface area contributed by atoms with Gasteiger partial charge in [-0.25, -0.2) is 14.4 Å². The summed E-state index contributed by atoms with van der Waals surface area (Å²) >= 11 is 0. The van der Waals surface area contributed by atoms with Crippen LogP contribution < -0.4 is 4.90 Å². The normalized spacial score (nSPS) is 14.0. The summed E-state index contributed by atoms with van der Waals surface area (Å²) in [5.41, 5.74) is 1.72. The highest BCUT2D eigenvalue weighted by atomic mass is 19.1. The molecule has 3 aromatic rings. The van der Waals surface area contributed by atoms with Crippen molar-refractivity contribution in [3.63, 3.8) is 0 Å². The van der Waals surface area contributed by atoms with Crippen molar-refractivity contribution in [1.82, 2.24) is 9.97 Å². The number of anilines is 1. The van der Waals surface area contributed by atoms with E-state index in [-0.39, 0.29) is 5.82 Å². The van der Waals surface area contributed by atoms with Gasteiger partial charge in [-0.1, -0.05) is 6.07 Å². The molecule has 1 aliphatic rings. The minimum Gasteiger partial charge on any atom is -0.441 e. The molecule has 0 unspecified atom stereocenters. The molecule has 22 heavy (non-hydrogen) atoms. The summed E-state index contributed by atoms with van der Waals surface area (Å²) in [6, 6.07) is 12.1. The lowest BCUT2D eigenvalue weighted by atomic mass is 10.1. The highest BCUT2D eigenvalue weighted by Gasteiger charge is 2.23. The molecule has 3 heterocycles. The van der Waals surface area contributed by atoms with E-state index in [0.29, 0.717) is 12.4 Å². The average Bonchev–Trinajstić information content (AvgIpc) is 2.99. The predicted molar refractivity (Wildman–Crippen MR) is 80.9 cm³/mol. The lowest BCUT2D eigenvalue weighted by molar-refractivity contribution is 0.498. The van der Waals surface area contributed by atoms with E-state index in [1.54, 1.807) is 18.3 Å². The standard InChI is InChI=1S/C17H14FN3O/c18-13-6-4-12(5-7-13)17-20-14-11-21(10-8-15(14)22-17)16-3-1-2-9-19-16/h1-7,9H,8,10-11H2. The number of nitrogens with zero attached hydrogens (tertiary/aromatic N) is 3. The fourth-order valence-electron chi connectivity index (χ4n) is 2.65. The highest BCUT2D eigenvalue weighted by Crippen LogP contribution is 2.27. The number of hydrogen-bond donors (Lipinski definition) is 0. The Bertz CT molecular complexity index is 783. The molecule has 4 nitrogen and oxygen atoms in total. The first kappa shape index (κ1) is 13.0. The van der Waals surface area contributed by atoms with Gasteiger partial charge in [0.1, 0.15) is 23.1 Å². The van der Waals surface area contributed by atoms with Crippen molar-refractivity contribution in [2.75, 3.05) is 11.4 Å². The van der Waals surface area contributed by atoms with Crippen LogP contribution in [0.1, 0.15) is 11.5 Å². The summed E-state index contributed by atoms with van der Waals surface area (Å²) < 4.78 is 18.8. The van der Waals surface area contributed by atoms with Crippen LogP contribution in [0.3, 0.4) is 0 Å². The van der Waals surface area contributed by atoms with Crippen LogP contribution in [0.15, 0.2) is 53.1 Å². The number of pyridine rings is 1. The number of benzene rings is 1. The van der Waals surface area contributed by atoms with Gasteiger partial charge in [0.25, 0.3) is 0 Å². The van der Waals surface area contributed by atoms with E-state index < -0.39 is 0 Å². The van der Waals surface area contributed by atoms with Gasteiger partial charge in [-0.15, -0.1) is 0 Å². The van der Waals surface area contributed by atoms with Crippen LogP contribution in [0.2, 0.25) is 0 Å². The second kappa shape index (κ2) is 5.26. The minimum atomic E-state index is -0.263. The predicted octanol–water partition coefficient (Wildman–Crippen LogP) is 3.44. The van der Waals surface area contributed by atoms with Crippen LogP contribution in [-0.4, -0.2) is 16.5 Å². The van der Waals surface area contributed by atoms with Crippen molar-refractivity contribution in [1.29, 1.82) is 0 Å². The Kier molecular flexibility index (Phi) is 3.11. The second-order valence-corrected chi connectivity index (χ2v) is 5.26. The first-order chi connectivity index (χ1) is 10.8. The van der Waals surface area contributed by atoms with E-state index in [1.165, 1.54) is 12.1 Å². The van der Waals surface area contributed by atoms with Gasteiger partial charge in [0.2, 0.25) is 5.89 Å². The number of halogens is 1. The van der Waals surface area contributed by atoms with E-state index in [0.717, 1.165) is 35.8 Å². The van der Waals surface area contributed by atoms with Gasteiger partial charge >= 0.3 is 0 Å². The summed E-state index contributed by atoms with van der Waals surface area (Å²) in [7, 11) is 0. The Morgan fingerprint density at radius 2 is 1.95 bits per heavy atom. The number of rotatable bonds is 2. The summed E-state index contributed by atoms with van der Waals surface area (Å²) in [5.74, 6) is 2.14. The van der Waals surface area contributed by atoms with Crippen LogP contribution in [0, 0.1) is 5.82 Å². The largest absolute Gasteiger partial charge is 0.441 e. The molecule has 2 aromatic heterocycles. The van der Waals surface area contributed by atoms with Crippen molar-refractivity contribution in [3.05, 3.63) is 65.9 Å². The number of hydrogen-bond acceptors (Lipinski definition) is 4. The third kappa shape index (κ3) is 2.35. The zero-order valence-electron chi connectivity index (χ0n) is 11.9.